The molecule has 0 amide bonds. The van der Waals surface area contributed by atoms with Crippen molar-refractivity contribution in [3.8, 4) is 0 Å². The number of halogens is 1. The molecule has 2 aromatic carbocycles. The Bertz CT molecular complexity index is 959. The molecule has 1 heterocycles. The summed E-state index contributed by atoms with van der Waals surface area (Å²) in [5.74, 6) is -0.387. The Balaban J connectivity index is 1.93. The van der Waals surface area contributed by atoms with Gasteiger partial charge in [0.25, 0.3) is 5.69 Å². The van der Waals surface area contributed by atoms with E-state index in [0.717, 1.165) is 18.9 Å². The van der Waals surface area contributed by atoms with Crippen molar-refractivity contribution in [2.24, 2.45) is 0 Å². The number of hydrogen-bond donors (Lipinski definition) is 0. The van der Waals surface area contributed by atoms with Crippen LogP contribution in [0.1, 0.15) is 18.4 Å². The largest absolute Gasteiger partial charge is 0.365 e. The Hall–Kier alpha value is -2.52. The van der Waals surface area contributed by atoms with Gasteiger partial charge in [0.15, 0.2) is 0 Å². The second-order valence-corrected chi connectivity index (χ2v) is 8.44. The summed E-state index contributed by atoms with van der Waals surface area (Å²) in [5, 5.41) is 11.5. The van der Waals surface area contributed by atoms with E-state index in [1.54, 1.807) is 24.1 Å². The van der Waals surface area contributed by atoms with E-state index in [4.69, 9.17) is 0 Å². The lowest BCUT2D eigenvalue weighted by atomic mass is 10.2. The van der Waals surface area contributed by atoms with Gasteiger partial charge in [0.05, 0.1) is 9.82 Å². The van der Waals surface area contributed by atoms with E-state index < -0.39 is 14.9 Å². The number of benzene rings is 2. The minimum Gasteiger partial charge on any atom is -0.365 e. The molecule has 1 saturated heterocycles. The minimum atomic E-state index is -3.74. The Morgan fingerprint density at radius 2 is 1.89 bits per heavy atom. The van der Waals surface area contributed by atoms with Crippen LogP contribution in [-0.2, 0) is 16.6 Å². The summed E-state index contributed by atoms with van der Waals surface area (Å²) in [6, 6.07) is 9.89. The maximum atomic E-state index is 13.4. The van der Waals surface area contributed by atoms with Crippen molar-refractivity contribution in [2.45, 2.75) is 24.3 Å². The maximum Gasteiger partial charge on any atom is 0.293 e. The fourth-order valence-electron chi connectivity index (χ4n) is 3.20. The second kappa shape index (κ2) is 7.61. The lowest BCUT2D eigenvalue weighted by Gasteiger charge is -2.21. The molecule has 0 unspecified atom stereocenters. The SMILES string of the molecule is CN(Cc1cccc(F)c1)c1ccc(S(=O)(=O)N2CCCC2)cc1[N+](=O)[O-]. The third-order valence-electron chi connectivity index (χ3n) is 4.57. The molecule has 1 fully saturated rings. The van der Waals surface area contributed by atoms with Gasteiger partial charge in [0, 0.05) is 32.7 Å². The van der Waals surface area contributed by atoms with Crippen LogP contribution in [0.15, 0.2) is 47.4 Å². The quantitative estimate of drug-likeness (QED) is 0.556. The van der Waals surface area contributed by atoms with Gasteiger partial charge in [-0.15, -0.1) is 0 Å². The summed E-state index contributed by atoms with van der Waals surface area (Å²) in [6.07, 6.45) is 1.57. The van der Waals surface area contributed by atoms with E-state index in [2.05, 4.69) is 0 Å². The number of nitro groups is 1. The zero-order valence-electron chi connectivity index (χ0n) is 14.8. The highest BCUT2D eigenvalue weighted by atomic mass is 32.2. The molecule has 0 radical (unpaired) electrons. The molecular formula is C18H20FN3O4S. The van der Waals surface area contributed by atoms with Crippen LogP contribution in [0.3, 0.4) is 0 Å². The fraction of sp³-hybridized carbons (Fsp3) is 0.333. The first-order valence-corrected chi connectivity index (χ1v) is 9.97. The lowest BCUT2D eigenvalue weighted by molar-refractivity contribution is -0.384. The number of nitrogens with zero attached hydrogens (tertiary/aromatic N) is 3. The Morgan fingerprint density at radius 3 is 2.52 bits per heavy atom. The van der Waals surface area contributed by atoms with Gasteiger partial charge in [-0.1, -0.05) is 12.1 Å². The summed E-state index contributed by atoms with van der Waals surface area (Å²) in [4.78, 5) is 12.5. The highest BCUT2D eigenvalue weighted by molar-refractivity contribution is 7.89. The molecule has 0 saturated carbocycles. The van der Waals surface area contributed by atoms with Gasteiger partial charge in [0.2, 0.25) is 10.0 Å². The molecule has 0 atom stereocenters. The summed E-state index contributed by atoms with van der Waals surface area (Å²) in [6.45, 7) is 1.10. The van der Waals surface area contributed by atoms with Gasteiger partial charge < -0.3 is 4.90 Å². The highest BCUT2D eigenvalue weighted by Crippen LogP contribution is 2.32. The molecule has 0 aromatic heterocycles. The van der Waals surface area contributed by atoms with Crippen LogP contribution in [-0.4, -0.2) is 37.8 Å². The number of nitro benzene ring substituents is 1. The van der Waals surface area contributed by atoms with Crippen LogP contribution >= 0.6 is 0 Å². The molecular weight excluding hydrogens is 373 g/mol. The standard InChI is InChI=1S/C18H20FN3O4S/c1-20(13-14-5-4-6-15(19)11-14)17-8-7-16(12-18(17)22(23)24)27(25,26)21-9-2-3-10-21/h4-8,11-12H,2-3,9-10,13H2,1H3. The number of rotatable bonds is 6. The normalized spacial score (nSPS) is 15.0. The van der Waals surface area contributed by atoms with E-state index >= 15 is 0 Å². The van der Waals surface area contributed by atoms with Crippen LogP contribution in [0.5, 0.6) is 0 Å². The maximum absolute atomic E-state index is 13.4. The zero-order chi connectivity index (χ0) is 19.6. The van der Waals surface area contributed by atoms with Crippen LogP contribution in [0.2, 0.25) is 0 Å². The highest BCUT2D eigenvalue weighted by Gasteiger charge is 2.30. The first kappa shape index (κ1) is 19.2. The first-order valence-electron chi connectivity index (χ1n) is 8.53. The van der Waals surface area contributed by atoms with Crippen LogP contribution in [0.4, 0.5) is 15.8 Å². The average molecular weight is 393 g/mol. The summed E-state index contributed by atoms with van der Waals surface area (Å²) in [7, 11) is -2.10. The molecule has 7 nitrogen and oxygen atoms in total. The molecule has 0 aliphatic carbocycles. The summed E-state index contributed by atoms with van der Waals surface area (Å²) < 4.78 is 40.0. The third-order valence-corrected chi connectivity index (χ3v) is 6.46. The molecule has 9 heteroatoms. The summed E-state index contributed by atoms with van der Waals surface area (Å²) in [5.41, 5.74) is 0.624. The predicted molar refractivity (Wildman–Crippen MR) is 99.6 cm³/mol. The van der Waals surface area contributed by atoms with Crippen molar-refractivity contribution in [3.05, 3.63) is 64.0 Å². The lowest BCUT2D eigenvalue weighted by Crippen LogP contribution is -2.28. The van der Waals surface area contributed by atoms with Crippen molar-refractivity contribution >= 4 is 21.4 Å². The molecule has 2 aromatic rings. The van der Waals surface area contributed by atoms with E-state index in [1.165, 1.54) is 28.6 Å². The van der Waals surface area contributed by atoms with Crippen LogP contribution in [0, 0.1) is 15.9 Å². The van der Waals surface area contributed by atoms with E-state index in [9.17, 15) is 22.9 Å². The molecule has 144 valence electrons. The van der Waals surface area contributed by atoms with E-state index in [1.807, 2.05) is 0 Å². The summed E-state index contributed by atoms with van der Waals surface area (Å²) >= 11 is 0. The number of anilines is 1. The van der Waals surface area contributed by atoms with Gasteiger partial charge >= 0.3 is 0 Å². The van der Waals surface area contributed by atoms with E-state index in [-0.39, 0.29) is 28.6 Å². The van der Waals surface area contributed by atoms with Crippen molar-refractivity contribution in [3.63, 3.8) is 0 Å². The van der Waals surface area contributed by atoms with Gasteiger partial charge in [0.1, 0.15) is 11.5 Å². The molecule has 27 heavy (non-hydrogen) atoms. The van der Waals surface area contributed by atoms with Crippen molar-refractivity contribution in [1.82, 2.24) is 4.31 Å². The van der Waals surface area contributed by atoms with Gasteiger partial charge in [-0.05, 0) is 42.7 Å². The molecule has 1 aliphatic rings. The second-order valence-electron chi connectivity index (χ2n) is 6.50. The van der Waals surface area contributed by atoms with Crippen molar-refractivity contribution < 1.29 is 17.7 Å². The number of sulfonamides is 1. The smallest absolute Gasteiger partial charge is 0.293 e. The van der Waals surface area contributed by atoms with Crippen molar-refractivity contribution in [1.29, 1.82) is 0 Å². The Morgan fingerprint density at radius 1 is 1.19 bits per heavy atom. The monoisotopic (exact) mass is 393 g/mol. The van der Waals surface area contributed by atoms with Crippen molar-refractivity contribution in [2.75, 3.05) is 25.0 Å². The Labute approximate surface area is 157 Å². The Kier molecular flexibility index (Phi) is 5.43. The predicted octanol–water partition coefficient (Wildman–Crippen LogP) is 3.15. The average Bonchev–Trinajstić information content (AvgIpc) is 3.16. The van der Waals surface area contributed by atoms with E-state index in [0.29, 0.717) is 18.7 Å². The van der Waals surface area contributed by atoms with Crippen LogP contribution in [0.25, 0.3) is 0 Å². The molecule has 0 N–H and O–H groups in total. The molecule has 0 bridgehead atoms. The van der Waals surface area contributed by atoms with Gasteiger partial charge in [-0.25, -0.2) is 12.8 Å². The molecule has 3 rings (SSSR count). The fourth-order valence-corrected chi connectivity index (χ4v) is 4.74. The van der Waals surface area contributed by atoms with Gasteiger partial charge in [-0.3, -0.25) is 10.1 Å². The third kappa shape index (κ3) is 4.09. The zero-order valence-corrected chi connectivity index (χ0v) is 15.7. The number of hydrogen-bond acceptors (Lipinski definition) is 5. The van der Waals surface area contributed by atoms with Gasteiger partial charge in [-0.2, -0.15) is 4.31 Å². The first-order chi connectivity index (χ1) is 12.8. The topological polar surface area (TPSA) is 83.8 Å². The molecule has 1 aliphatic heterocycles. The van der Waals surface area contributed by atoms with Crippen LogP contribution < -0.4 is 4.90 Å². The molecule has 0 spiro atoms. The minimum absolute atomic E-state index is 0.0843.